The van der Waals surface area contributed by atoms with E-state index in [1.807, 2.05) is 0 Å². The predicted octanol–water partition coefficient (Wildman–Crippen LogP) is 7.16. The third-order valence-electron chi connectivity index (χ3n) is 8.87. The Hall–Kier alpha value is -4.14. The molecule has 2 fully saturated rings. The number of carboxylic acid groups (broad SMARTS) is 1. The van der Waals surface area contributed by atoms with Gasteiger partial charge in [-0.15, -0.1) is 0 Å². The van der Waals surface area contributed by atoms with Crippen molar-refractivity contribution in [3.05, 3.63) is 88.1 Å². The van der Waals surface area contributed by atoms with Crippen molar-refractivity contribution in [2.45, 2.75) is 56.0 Å². The van der Waals surface area contributed by atoms with E-state index in [0.29, 0.717) is 43.3 Å². The summed E-state index contributed by atoms with van der Waals surface area (Å²) >= 11 is 15.3. The van der Waals surface area contributed by atoms with Gasteiger partial charge in [0, 0.05) is 47.9 Å². The summed E-state index contributed by atoms with van der Waals surface area (Å²) in [6, 6.07) is 10.4. The molecule has 0 aliphatic carbocycles. The van der Waals surface area contributed by atoms with Gasteiger partial charge >= 0.3 is 5.97 Å². The number of fused-ring (bicyclic) bond motifs is 1. The van der Waals surface area contributed by atoms with Gasteiger partial charge in [0.1, 0.15) is 22.8 Å². The molecular formula is C38H43BrCl2N8O8S. The van der Waals surface area contributed by atoms with Gasteiger partial charge < -0.3 is 34.7 Å². The Morgan fingerprint density at radius 1 is 0.845 bits per heavy atom. The predicted molar refractivity (Wildman–Crippen MR) is 223 cm³/mol. The summed E-state index contributed by atoms with van der Waals surface area (Å²) < 4.78 is 52.5. The van der Waals surface area contributed by atoms with E-state index in [2.05, 4.69) is 46.5 Å². The molecule has 5 heterocycles. The molecule has 58 heavy (non-hydrogen) atoms. The maximum Gasteiger partial charge on any atom is 0.324 e. The van der Waals surface area contributed by atoms with E-state index in [-0.39, 0.29) is 33.2 Å². The third kappa shape index (κ3) is 12.4. The van der Waals surface area contributed by atoms with Gasteiger partial charge in [0.25, 0.3) is 10.0 Å². The summed E-state index contributed by atoms with van der Waals surface area (Å²) in [6.45, 7) is 3.11. The zero-order chi connectivity index (χ0) is 40.9. The minimum atomic E-state index is -4.30. The van der Waals surface area contributed by atoms with Crippen LogP contribution in [0.5, 0.6) is 0 Å². The van der Waals surface area contributed by atoms with Crippen LogP contribution < -0.4 is 14.9 Å². The van der Waals surface area contributed by atoms with Crippen LogP contribution in [0.2, 0.25) is 10.0 Å². The molecule has 20 heteroatoms. The fraction of sp³-hybridized carbons (Fsp3) is 0.395. The molecular weight excluding hydrogens is 879 g/mol. The topological polar surface area (TPSA) is 192 Å². The molecule has 3 N–H and O–H groups in total. The van der Waals surface area contributed by atoms with E-state index < -0.39 is 22.5 Å². The number of carbonyl (C=O) groups is 1. The molecule has 5 aromatic rings. The molecule has 0 bridgehead atoms. The lowest BCUT2D eigenvalue weighted by Gasteiger charge is -2.23. The summed E-state index contributed by atoms with van der Waals surface area (Å²) in [4.78, 5) is 28.6. The summed E-state index contributed by atoms with van der Waals surface area (Å²) in [7, 11) is -4.30. The summed E-state index contributed by atoms with van der Waals surface area (Å²) in [5.41, 5.74) is 0.892. The minimum Gasteiger partial charge on any atom is -0.480 e. The lowest BCUT2D eigenvalue weighted by Crippen LogP contribution is -2.35. The Balaban J connectivity index is 0.000000278. The fourth-order valence-electron chi connectivity index (χ4n) is 6.09. The first-order valence-electron chi connectivity index (χ1n) is 18.6. The molecule has 0 radical (unpaired) electrons. The first-order valence-corrected chi connectivity index (χ1v) is 21.6. The standard InChI is InChI=1S/C27H27Cl2N5O6S.C11H16BrN3O2/c28-19-12-20(29)14-22(13-19)41(37,38)34(17-26(35)36)21-4-5-23-18(11-21)6-8-33(23)25-16-31-24(15-32-25)30-7-10-40-27-3-1-2-9-39-27;12-9-7-15-10(8-14-9)13-4-6-17-11-3-1-2-5-16-11/h4-6,8,11-16,27H,1-3,7,9-10,17H2,(H,30,31)(H,35,36);7-8,11H,1-6H2,(H,13,15). The van der Waals surface area contributed by atoms with E-state index >= 15 is 0 Å². The highest BCUT2D eigenvalue weighted by Gasteiger charge is 2.28. The summed E-state index contributed by atoms with van der Waals surface area (Å²) in [5, 5.41) is 16.7. The van der Waals surface area contributed by atoms with Gasteiger partial charge in [-0.05, 0) is 96.9 Å². The number of nitrogens with zero attached hydrogens (tertiary/aromatic N) is 6. The molecule has 0 amide bonds. The van der Waals surface area contributed by atoms with Crippen molar-refractivity contribution in [2.24, 2.45) is 0 Å². The highest BCUT2D eigenvalue weighted by molar-refractivity contribution is 9.10. The number of aliphatic carboxylic acids is 1. The van der Waals surface area contributed by atoms with Crippen LogP contribution in [0, 0.1) is 0 Å². The van der Waals surface area contributed by atoms with Crippen LogP contribution >= 0.6 is 39.1 Å². The number of halogens is 3. The van der Waals surface area contributed by atoms with Crippen LogP contribution in [-0.2, 0) is 33.8 Å². The molecule has 2 unspecified atom stereocenters. The molecule has 2 saturated heterocycles. The Labute approximate surface area is 354 Å². The number of anilines is 3. The van der Waals surface area contributed by atoms with Gasteiger partial charge in [-0.3, -0.25) is 13.7 Å². The Morgan fingerprint density at radius 3 is 2.00 bits per heavy atom. The molecule has 0 saturated carbocycles. The molecule has 2 aliphatic rings. The first-order chi connectivity index (χ1) is 28.0. The second-order valence-electron chi connectivity index (χ2n) is 13.1. The lowest BCUT2D eigenvalue weighted by molar-refractivity contribution is -0.160. The molecule has 16 nitrogen and oxygen atoms in total. The van der Waals surface area contributed by atoms with E-state index in [1.165, 1.54) is 30.7 Å². The van der Waals surface area contributed by atoms with Crippen LogP contribution in [0.3, 0.4) is 0 Å². The Morgan fingerprint density at radius 2 is 1.47 bits per heavy atom. The summed E-state index contributed by atoms with van der Waals surface area (Å²) in [6.07, 6.45) is 14.6. The van der Waals surface area contributed by atoms with Crippen LogP contribution in [0.15, 0.2) is 82.9 Å². The lowest BCUT2D eigenvalue weighted by atomic mass is 10.2. The van der Waals surface area contributed by atoms with E-state index in [4.69, 9.17) is 42.1 Å². The SMILES string of the molecule is Brc1cnc(NCCOC2CCCCO2)cn1.O=C(O)CN(c1ccc2c(ccn2-c2cnc(NCCOC3CCCCO3)cn2)c1)S(=O)(=O)c1cc(Cl)cc(Cl)c1. The van der Waals surface area contributed by atoms with Crippen molar-refractivity contribution < 1.29 is 37.3 Å². The number of hydrogen-bond donors (Lipinski definition) is 3. The number of ether oxygens (including phenoxy) is 4. The van der Waals surface area contributed by atoms with E-state index in [1.54, 1.807) is 53.8 Å². The van der Waals surface area contributed by atoms with E-state index in [9.17, 15) is 18.3 Å². The number of nitrogens with one attached hydrogen (secondary N) is 2. The van der Waals surface area contributed by atoms with Crippen molar-refractivity contribution in [1.29, 1.82) is 0 Å². The van der Waals surface area contributed by atoms with Gasteiger partial charge in [-0.25, -0.2) is 28.4 Å². The third-order valence-corrected chi connectivity index (χ3v) is 11.5. The maximum atomic E-state index is 13.4. The maximum absolute atomic E-state index is 13.4. The molecule has 7 rings (SSSR count). The second kappa shape index (κ2) is 21.2. The Kier molecular flexibility index (Phi) is 15.9. The number of hydrogen-bond acceptors (Lipinski definition) is 13. The molecule has 310 valence electrons. The average Bonchev–Trinajstić information content (AvgIpc) is 3.65. The van der Waals surface area contributed by atoms with Crippen molar-refractivity contribution in [3.63, 3.8) is 0 Å². The van der Waals surface area contributed by atoms with Gasteiger partial charge in [0.2, 0.25) is 0 Å². The van der Waals surface area contributed by atoms with Gasteiger partial charge in [0.15, 0.2) is 18.4 Å². The number of benzene rings is 2. The van der Waals surface area contributed by atoms with Gasteiger partial charge in [-0.2, -0.15) is 0 Å². The van der Waals surface area contributed by atoms with Crippen LogP contribution in [0.1, 0.15) is 38.5 Å². The number of carboxylic acids is 1. The zero-order valence-corrected chi connectivity index (χ0v) is 35.2. The molecule has 2 aliphatic heterocycles. The van der Waals surface area contributed by atoms with Crippen LogP contribution in [0.4, 0.5) is 17.3 Å². The summed E-state index contributed by atoms with van der Waals surface area (Å²) in [5.74, 6) is 0.573. The quantitative estimate of drug-likeness (QED) is 0.0845. The van der Waals surface area contributed by atoms with Gasteiger partial charge in [-0.1, -0.05) is 23.2 Å². The second-order valence-corrected chi connectivity index (χ2v) is 16.7. The molecule has 2 aromatic carbocycles. The molecule has 3 aromatic heterocycles. The number of sulfonamides is 1. The number of aromatic nitrogens is 5. The fourth-order valence-corrected chi connectivity index (χ4v) is 8.43. The van der Waals surface area contributed by atoms with Crippen molar-refractivity contribution in [1.82, 2.24) is 24.5 Å². The van der Waals surface area contributed by atoms with Crippen LogP contribution in [0.25, 0.3) is 16.7 Å². The number of rotatable bonds is 16. The Bertz CT molecular complexity index is 2190. The highest BCUT2D eigenvalue weighted by Crippen LogP contribution is 2.31. The largest absolute Gasteiger partial charge is 0.480 e. The van der Waals surface area contributed by atoms with Crippen molar-refractivity contribution >= 4 is 83.4 Å². The molecule has 0 spiro atoms. The normalized spacial score (nSPS) is 16.9. The van der Waals surface area contributed by atoms with Crippen LogP contribution in [-0.4, -0.2) is 103 Å². The zero-order valence-electron chi connectivity index (χ0n) is 31.3. The first kappa shape index (κ1) is 43.4. The van der Waals surface area contributed by atoms with Crippen molar-refractivity contribution in [3.8, 4) is 5.82 Å². The monoisotopic (exact) mass is 920 g/mol. The molecule has 2 atom stereocenters. The highest BCUT2D eigenvalue weighted by atomic mass is 79.9. The average molecular weight is 923 g/mol. The minimum absolute atomic E-state index is 0.0263. The van der Waals surface area contributed by atoms with Crippen molar-refractivity contribution in [2.75, 3.05) is 61.0 Å². The van der Waals surface area contributed by atoms with Gasteiger partial charge in [0.05, 0.1) is 54.1 Å². The smallest absolute Gasteiger partial charge is 0.324 e. The van der Waals surface area contributed by atoms with E-state index in [0.717, 1.165) is 65.6 Å².